The summed E-state index contributed by atoms with van der Waals surface area (Å²) < 4.78 is 0. The molecule has 2 aromatic heterocycles. The summed E-state index contributed by atoms with van der Waals surface area (Å²) in [4.78, 5) is 16.3. The van der Waals surface area contributed by atoms with E-state index in [1.54, 1.807) is 23.6 Å². The predicted octanol–water partition coefficient (Wildman–Crippen LogP) is 2.94. The Morgan fingerprint density at radius 3 is 2.85 bits per heavy atom. The number of nitrogens with zero attached hydrogens (tertiary/aromatic N) is 1. The van der Waals surface area contributed by atoms with Gasteiger partial charge in [-0.1, -0.05) is 0 Å². The van der Waals surface area contributed by atoms with Crippen LogP contribution in [0.4, 0.5) is 5.82 Å². The van der Waals surface area contributed by atoms with Crippen LogP contribution in [0, 0.1) is 0 Å². The quantitative estimate of drug-likeness (QED) is 0.859. The number of hydrogen-bond acceptors (Lipinski definition) is 4. The van der Waals surface area contributed by atoms with Gasteiger partial charge in [0.25, 0.3) is 5.91 Å². The maximum Gasteiger partial charge on any atom is 0.253 e. The van der Waals surface area contributed by atoms with Crippen LogP contribution >= 0.6 is 11.3 Å². The van der Waals surface area contributed by atoms with E-state index in [1.165, 1.54) is 5.56 Å². The fourth-order valence-electron chi connectivity index (χ4n) is 1.93. The fourth-order valence-corrected chi connectivity index (χ4v) is 2.62. The normalized spacial score (nSPS) is 11.9. The van der Waals surface area contributed by atoms with E-state index in [0.29, 0.717) is 5.56 Å². The third kappa shape index (κ3) is 4.06. The van der Waals surface area contributed by atoms with Gasteiger partial charge >= 0.3 is 0 Å². The zero-order valence-electron chi connectivity index (χ0n) is 11.7. The Kier molecular flexibility index (Phi) is 5.12. The summed E-state index contributed by atoms with van der Waals surface area (Å²) in [5.41, 5.74) is 1.84. The molecule has 0 spiro atoms. The van der Waals surface area contributed by atoms with Crippen molar-refractivity contribution in [2.24, 2.45) is 0 Å². The van der Waals surface area contributed by atoms with E-state index in [-0.39, 0.29) is 11.9 Å². The monoisotopic (exact) mass is 289 g/mol. The number of carbonyl (C=O) groups is 1. The number of pyridine rings is 1. The minimum absolute atomic E-state index is 0.0803. The summed E-state index contributed by atoms with van der Waals surface area (Å²) in [7, 11) is 0. The number of aromatic nitrogens is 1. The van der Waals surface area contributed by atoms with Crippen molar-refractivity contribution in [1.82, 2.24) is 10.3 Å². The molecule has 2 rings (SSSR count). The Morgan fingerprint density at radius 2 is 2.25 bits per heavy atom. The lowest BCUT2D eigenvalue weighted by Crippen LogP contribution is -2.34. The molecule has 2 aromatic rings. The summed E-state index contributed by atoms with van der Waals surface area (Å²) in [6.45, 7) is 4.83. The van der Waals surface area contributed by atoms with Crippen LogP contribution in [-0.4, -0.2) is 23.5 Å². The maximum absolute atomic E-state index is 12.1. The van der Waals surface area contributed by atoms with Gasteiger partial charge in [0.05, 0.1) is 5.56 Å². The van der Waals surface area contributed by atoms with E-state index in [1.807, 2.05) is 25.3 Å². The molecular weight excluding hydrogens is 270 g/mol. The summed E-state index contributed by atoms with van der Waals surface area (Å²) >= 11 is 1.67. The highest BCUT2D eigenvalue weighted by Crippen LogP contribution is 2.09. The first-order valence-corrected chi connectivity index (χ1v) is 7.65. The fraction of sp³-hybridized carbons (Fsp3) is 0.333. The van der Waals surface area contributed by atoms with E-state index < -0.39 is 0 Å². The molecule has 0 radical (unpaired) electrons. The molecule has 0 aliphatic rings. The van der Waals surface area contributed by atoms with E-state index >= 15 is 0 Å². The second kappa shape index (κ2) is 7.05. The molecule has 0 aliphatic heterocycles. The Morgan fingerprint density at radius 1 is 1.40 bits per heavy atom. The molecule has 1 amide bonds. The largest absolute Gasteiger partial charge is 0.370 e. The van der Waals surface area contributed by atoms with E-state index in [9.17, 15) is 4.79 Å². The lowest BCUT2D eigenvalue weighted by molar-refractivity contribution is 0.0940. The summed E-state index contributed by atoms with van der Waals surface area (Å²) in [5, 5.41) is 10.2. The standard InChI is InChI=1S/C15H19N3OS/c1-3-16-14-5-4-13(9-17-14)15(19)18-11(2)8-12-6-7-20-10-12/h4-7,9-11H,3,8H2,1-2H3,(H,16,17)(H,18,19). The van der Waals surface area contributed by atoms with E-state index in [2.05, 4.69) is 27.1 Å². The zero-order chi connectivity index (χ0) is 14.4. The maximum atomic E-state index is 12.1. The summed E-state index contributed by atoms with van der Waals surface area (Å²) in [6, 6.07) is 5.80. The molecule has 0 saturated heterocycles. The molecule has 1 atom stereocenters. The highest BCUT2D eigenvalue weighted by Gasteiger charge is 2.11. The predicted molar refractivity (Wildman–Crippen MR) is 83.4 cm³/mol. The van der Waals surface area contributed by atoms with Gasteiger partial charge in [-0.05, 0) is 54.8 Å². The van der Waals surface area contributed by atoms with Crippen LogP contribution in [0.15, 0.2) is 35.2 Å². The van der Waals surface area contributed by atoms with Gasteiger partial charge in [-0.25, -0.2) is 4.98 Å². The van der Waals surface area contributed by atoms with Gasteiger partial charge in [0.2, 0.25) is 0 Å². The third-order valence-electron chi connectivity index (χ3n) is 2.88. The molecule has 2 heterocycles. The van der Waals surface area contributed by atoms with E-state index in [0.717, 1.165) is 18.8 Å². The molecule has 106 valence electrons. The van der Waals surface area contributed by atoms with Crippen LogP contribution < -0.4 is 10.6 Å². The van der Waals surface area contributed by atoms with Crippen molar-refractivity contribution in [3.63, 3.8) is 0 Å². The Balaban J connectivity index is 1.90. The van der Waals surface area contributed by atoms with Gasteiger partial charge in [0.1, 0.15) is 5.82 Å². The topological polar surface area (TPSA) is 54.0 Å². The summed E-state index contributed by atoms with van der Waals surface area (Å²) in [6.07, 6.45) is 2.45. The van der Waals surface area contributed by atoms with Crippen LogP contribution in [0.2, 0.25) is 0 Å². The summed E-state index contributed by atoms with van der Waals surface area (Å²) in [5.74, 6) is 0.707. The van der Waals surface area contributed by atoms with Gasteiger partial charge in [0.15, 0.2) is 0 Å². The zero-order valence-corrected chi connectivity index (χ0v) is 12.5. The van der Waals surface area contributed by atoms with Gasteiger partial charge in [-0.2, -0.15) is 11.3 Å². The second-order valence-electron chi connectivity index (χ2n) is 4.67. The molecule has 20 heavy (non-hydrogen) atoms. The first-order chi connectivity index (χ1) is 9.69. The van der Waals surface area contributed by atoms with Crippen molar-refractivity contribution in [3.8, 4) is 0 Å². The van der Waals surface area contributed by atoms with Crippen molar-refractivity contribution in [2.75, 3.05) is 11.9 Å². The van der Waals surface area contributed by atoms with Crippen molar-refractivity contribution < 1.29 is 4.79 Å². The number of carbonyl (C=O) groups excluding carboxylic acids is 1. The minimum Gasteiger partial charge on any atom is -0.370 e. The van der Waals surface area contributed by atoms with E-state index in [4.69, 9.17) is 0 Å². The molecular formula is C15H19N3OS. The van der Waals surface area contributed by atoms with Crippen LogP contribution in [0.1, 0.15) is 29.8 Å². The SMILES string of the molecule is CCNc1ccc(C(=O)NC(C)Cc2ccsc2)cn1. The lowest BCUT2D eigenvalue weighted by atomic mass is 10.1. The van der Waals surface area contributed by atoms with Crippen molar-refractivity contribution in [3.05, 3.63) is 46.3 Å². The van der Waals surface area contributed by atoms with Crippen molar-refractivity contribution in [2.45, 2.75) is 26.3 Å². The number of rotatable bonds is 6. The molecule has 1 unspecified atom stereocenters. The average Bonchev–Trinajstić information content (AvgIpc) is 2.92. The number of thiophene rings is 1. The number of hydrogen-bond donors (Lipinski definition) is 2. The molecule has 2 N–H and O–H groups in total. The van der Waals surface area contributed by atoms with Crippen molar-refractivity contribution in [1.29, 1.82) is 0 Å². The van der Waals surface area contributed by atoms with Crippen molar-refractivity contribution >= 4 is 23.1 Å². The number of anilines is 1. The van der Waals surface area contributed by atoms with Gasteiger partial charge < -0.3 is 10.6 Å². The van der Waals surface area contributed by atoms with Gasteiger partial charge in [-0.3, -0.25) is 4.79 Å². The van der Waals surface area contributed by atoms with Gasteiger partial charge in [-0.15, -0.1) is 0 Å². The molecule has 0 aliphatic carbocycles. The highest BCUT2D eigenvalue weighted by atomic mass is 32.1. The minimum atomic E-state index is -0.0803. The van der Waals surface area contributed by atoms with Crippen LogP contribution in [0.3, 0.4) is 0 Å². The van der Waals surface area contributed by atoms with Crippen LogP contribution in [0.25, 0.3) is 0 Å². The first-order valence-electron chi connectivity index (χ1n) is 6.71. The molecule has 0 aromatic carbocycles. The Hall–Kier alpha value is -1.88. The number of amides is 1. The van der Waals surface area contributed by atoms with Crippen LogP contribution in [-0.2, 0) is 6.42 Å². The Labute approximate surface area is 123 Å². The molecule has 5 heteroatoms. The molecule has 4 nitrogen and oxygen atoms in total. The molecule has 0 bridgehead atoms. The average molecular weight is 289 g/mol. The number of nitrogens with one attached hydrogen (secondary N) is 2. The highest BCUT2D eigenvalue weighted by molar-refractivity contribution is 7.07. The first kappa shape index (κ1) is 14.5. The van der Waals surface area contributed by atoms with Crippen LogP contribution in [0.5, 0.6) is 0 Å². The smallest absolute Gasteiger partial charge is 0.253 e. The Bertz CT molecular complexity index is 537. The third-order valence-corrected chi connectivity index (χ3v) is 3.62. The molecule has 0 saturated carbocycles. The second-order valence-corrected chi connectivity index (χ2v) is 5.45. The van der Waals surface area contributed by atoms with Gasteiger partial charge in [0, 0.05) is 18.8 Å². The lowest BCUT2D eigenvalue weighted by Gasteiger charge is -2.13. The molecule has 0 fully saturated rings.